The van der Waals surface area contributed by atoms with Crippen LogP contribution in [0.25, 0.3) is 5.70 Å². The zero-order valence-electron chi connectivity index (χ0n) is 14.3. The lowest BCUT2D eigenvalue weighted by molar-refractivity contribution is 0.775. The lowest BCUT2D eigenvalue weighted by Gasteiger charge is -2.13. The van der Waals surface area contributed by atoms with Gasteiger partial charge in [-0.2, -0.15) is 0 Å². The van der Waals surface area contributed by atoms with E-state index >= 15 is 0 Å². The van der Waals surface area contributed by atoms with Crippen molar-refractivity contribution in [3.8, 4) is 0 Å². The van der Waals surface area contributed by atoms with Crippen LogP contribution in [0.3, 0.4) is 0 Å². The molecule has 126 valence electrons. The van der Waals surface area contributed by atoms with Crippen LogP contribution in [0.5, 0.6) is 0 Å². The Hall–Kier alpha value is -2.82. The highest BCUT2D eigenvalue weighted by atomic mass is 15.0. The molecule has 0 atom stereocenters. The molecule has 0 unspecified atom stereocenters. The molecular weight excluding hydrogens is 298 g/mol. The summed E-state index contributed by atoms with van der Waals surface area (Å²) in [5, 5.41) is 3.16. The van der Waals surface area contributed by atoms with Crippen molar-refractivity contribution in [2.24, 2.45) is 16.5 Å². The van der Waals surface area contributed by atoms with Gasteiger partial charge < -0.3 is 16.8 Å². The molecule has 5 heteroatoms. The molecule has 5 nitrogen and oxygen atoms in total. The number of nitrogens with one attached hydrogen (secondary N) is 1. The molecule has 1 aliphatic heterocycles. The molecule has 0 bridgehead atoms. The summed E-state index contributed by atoms with van der Waals surface area (Å²) in [6, 6.07) is 3.86. The number of aryl methyl sites for hydroxylation is 1. The molecular formula is C19H25N5. The summed E-state index contributed by atoms with van der Waals surface area (Å²) in [7, 11) is 0. The molecule has 5 N–H and O–H groups in total. The summed E-state index contributed by atoms with van der Waals surface area (Å²) < 4.78 is 0. The first-order valence-electron chi connectivity index (χ1n) is 7.97. The first-order chi connectivity index (χ1) is 11.5. The zero-order chi connectivity index (χ0) is 17.5. The van der Waals surface area contributed by atoms with E-state index in [2.05, 4.69) is 34.9 Å². The first kappa shape index (κ1) is 17.5. The SMILES string of the molecule is C=C1N=CC=C(N)C(=C(N)c2ccnc(C)c2)C/C=C(\C)CCN1. The number of nitrogens with zero attached hydrogens (tertiary/aromatic N) is 2. The van der Waals surface area contributed by atoms with E-state index in [0.717, 1.165) is 29.8 Å². The predicted octanol–water partition coefficient (Wildman–Crippen LogP) is 2.77. The summed E-state index contributed by atoms with van der Waals surface area (Å²) >= 11 is 0. The van der Waals surface area contributed by atoms with Gasteiger partial charge in [-0.1, -0.05) is 18.2 Å². The molecule has 2 heterocycles. The van der Waals surface area contributed by atoms with E-state index in [0.29, 0.717) is 23.6 Å². The van der Waals surface area contributed by atoms with Crippen LogP contribution in [0.1, 0.15) is 31.0 Å². The van der Waals surface area contributed by atoms with Crippen molar-refractivity contribution in [3.05, 3.63) is 71.0 Å². The zero-order valence-corrected chi connectivity index (χ0v) is 14.3. The summed E-state index contributed by atoms with van der Waals surface area (Å²) in [5.74, 6) is 0.621. The Labute approximate surface area is 143 Å². The topological polar surface area (TPSA) is 89.3 Å². The van der Waals surface area contributed by atoms with Crippen LogP contribution in [0.4, 0.5) is 0 Å². The standard InChI is InChI=1S/C19H25N5/c1-13-4-5-17(19(21)16-7-10-22-14(2)12-16)18(20)8-11-24-15(3)23-9-6-13/h4,7-8,10-12,23H,3,5-6,9,20-21H2,1-2H3/b13-4+,18-8?,19-17?,24-11?. The lowest BCUT2D eigenvalue weighted by atomic mass is 9.99. The van der Waals surface area contributed by atoms with E-state index in [4.69, 9.17) is 11.5 Å². The average Bonchev–Trinajstić information content (AvgIpc) is 2.54. The smallest absolute Gasteiger partial charge is 0.118 e. The minimum absolute atomic E-state index is 0.600. The van der Waals surface area contributed by atoms with E-state index in [1.54, 1.807) is 18.5 Å². The summed E-state index contributed by atoms with van der Waals surface area (Å²) in [6.45, 7) is 8.71. The minimum atomic E-state index is 0.600. The summed E-state index contributed by atoms with van der Waals surface area (Å²) in [5.41, 5.74) is 17.9. The van der Waals surface area contributed by atoms with Gasteiger partial charge in [-0.15, -0.1) is 0 Å². The van der Waals surface area contributed by atoms with Crippen molar-refractivity contribution < 1.29 is 0 Å². The molecule has 0 spiro atoms. The quantitative estimate of drug-likeness (QED) is 0.693. The van der Waals surface area contributed by atoms with Crippen LogP contribution in [-0.2, 0) is 0 Å². The van der Waals surface area contributed by atoms with Crippen LogP contribution >= 0.6 is 0 Å². The monoisotopic (exact) mass is 323 g/mol. The second-order valence-electron chi connectivity index (χ2n) is 5.86. The maximum atomic E-state index is 6.41. The number of pyridine rings is 1. The predicted molar refractivity (Wildman–Crippen MR) is 101 cm³/mol. The van der Waals surface area contributed by atoms with Gasteiger partial charge in [-0.25, -0.2) is 4.99 Å². The van der Waals surface area contributed by atoms with Gasteiger partial charge in [0.2, 0.25) is 0 Å². The molecule has 0 amide bonds. The van der Waals surface area contributed by atoms with Crippen LogP contribution in [-0.4, -0.2) is 17.7 Å². The van der Waals surface area contributed by atoms with Gasteiger partial charge in [-0.3, -0.25) is 4.98 Å². The van der Waals surface area contributed by atoms with Gasteiger partial charge in [0.1, 0.15) is 5.82 Å². The van der Waals surface area contributed by atoms with Crippen molar-refractivity contribution in [1.29, 1.82) is 0 Å². The maximum absolute atomic E-state index is 6.41. The van der Waals surface area contributed by atoms with Gasteiger partial charge in [0.25, 0.3) is 0 Å². The van der Waals surface area contributed by atoms with Crippen LogP contribution in [0.2, 0.25) is 0 Å². The second kappa shape index (κ2) is 8.15. The van der Waals surface area contributed by atoms with E-state index in [1.807, 2.05) is 19.1 Å². The van der Waals surface area contributed by atoms with Crippen molar-refractivity contribution in [3.63, 3.8) is 0 Å². The van der Waals surface area contributed by atoms with Crippen molar-refractivity contribution >= 4 is 11.9 Å². The fourth-order valence-electron chi connectivity index (χ4n) is 2.41. The number of hydrogen-bond acceptors (Lipinski definition) is 5. The number of hydrogen-bond donors (Lipinski definition) is 3. The molecule has 0 aliphatic carbocycles. The van der Waals surface area contributed by atoms with Gasteiger partial charge in [0.15, 0.2) is 0 Å². The van der Waals surface area contributed by atoms with Gasteiger partial charge >= 0.3 is 0 Å². The van der Waals surface area contributed by atoms with Crippen LogP contribution in [0, 0.1) is 6.92 Å². The molecule has 2 rings (SSSR count). The molecule has 1 aliphatic rings. The number of aromatic nitrogens is 1. The lowest BCUT2D eigenvalue weighted by Crippen LogP contribution is -2.14. The Kier molecular flexibility index (Phi) is 5.95. The highest BCUT2D eigenvalue weighted by Crippen LogP contribution is 2.22. The Bertz CT molecular complexity index is 738. The molecule has 1 aromatic rings. The van der Waals surface area contributed by atoms with E-state index in [-0.39, 0.29) is 0 Å². The highest BCUT2D eigenvalue weighted by molar-refractivity contribution is 5.77. The van der Waals surface area contributed by atoms with Crippen LogP contribution < -0.4 is 16.8 Å². The normalized spacial score (nSPS) is 20.8. The van der Waals surface area contributed by atoms with E-state index in [9.17, 15) is 0 Å². The minimum Gasteiger partial charge on any atom is -0.398 e. The van der Waals surface area contributed by atoms with Crippen LogP contribution in [0.15, 0.2) is 64.7 Å². The third kappa shape index (κ3) is 4.84. The fourth-order valence-corrected chi connectivity index (χ4v) is 2.41. The third-order valence-electron chi connectivity index (χ3n) is 3.87. The van der Waals surface area contributed by atoms with Gasteiger partial charge in [-0.05, 0) is 44.9 Å². The Morgan fingerprint density at radius 2 is 2.12 bits per heavy atom. The number of rotatable bonds is 1. The van der Waals surface area contributed by atoms with Crippen molar-refractivity contribution in [1.82, 2.24) is 10.3 Å². The number of aliphatic imine (C=N–C) groups is 1. The van der Waals surface area contributed by atoms with E-state index < -0.39 is 0 Å². The molecule has 24 heavy (non-hydrogen) atoms. The first-order valence-corrected chi connectivity index (χ1v) is 7.97. The molecule has 1 aromatic heterocycles. The number of allylic oxidation sites excluding steroid dienone is 3. The van der Waals surface area contributed by atoms with Crippen molar-refractivity contribution in [2.75, 3.05) is 6.54 Å². The Morgan fingerprint density at radius 1 is 1.33 bits per heavy atom. The van der Waals surface area contributed by atoms with E-state index in [1.165, 1.54) is 5.57 Å². The molecule has 0 aromatic carbocycles. The van der Waals surface area contributed by atoms with Crippen molar-refractivity contribution in [2.45, 2.75) is 26.7 Å². The Balaban J connectivity index is 2.48. The average molecular weight is 323 g/mol. The highest BCUT2D eigenvalue weighted by Gasteiger charge is 2.09. The van der Waals surface area contributed by atoms with Gasteiger partial charge in [0.05, 0.1) is 0 Å². The molecule has 0 saturated heterocycles. The number of nitrogens with two attached hydrogens (primary N) is 2. The molecule has 0 saturated carbocycles. The van der Waals surface area contributed by atoms with Gasteiger partial charge in [0, 0.05) is 47.2 Å². The second-order valence-corrected chi connectivity index (χ2v) is 5.86. The summed E-state index contributed by atoms with van der Waals surface area (Å²) in [6.07, 6.45) is 8.92. The largest absolute Gasteiger partial charge is 0.398 e. The fraction of sp³-hybridized carbons (Fsp3) is 0.263. The third-order valence-corrected chi connectivity index (χ3v) is 3.87. The maximum Gasteiger partial charge on any atom is 0.118 e. The summed E-state index contributed by atoms with van der Waals surface area (Å²) in [4.78, 5) is 8.45. The Morgan fingerprint density at radius 3 is 2.88 bits per heavy atom. The molecule has 0 fully saturated rings. The molecule has 0 radical (unpaired) electrons.